The lowest BCUT2D eigenvalue weighted by Gasteiger charge is -2.46. The van der Waals surface area contributed by atoms with E-state index < -0.39 is 88.8 Å². The van der Waals surface area contributed by atoms with Gasteiger partial charge in [-0.15, -0.1) is 0 Å². The van der Waals surface area contributed by atoms with Crippen molar-refractivity contribution in [3.63, 3.8) is 0 Å². The highest BCUT2D eigenvalue weighted by molar-refractivity contribution is 6.23. The number of imide groups is 1. The minimum atomic E-state index is -2.15. The van der Waals surface area contributed by atoms with Crippen molar-refractivity contribution in [2.45, 2.75) is 74.8 Å². The van der Waals surface area contributed by atoms with Crippen LogP contribution < -0.4 is 4.90 Å². The van der Waals surface area contributed by atoms with Crippen molar-refractivity contribution in [2.75, 3.05) is 32.2 Å². The molecule has 6 atom stereocenters. The Bertz CT molecular complexity index is 2970. The molecule has 17 nitrogen and oxygen atoms in total. The predicted octanol–water partition coefficient (Wildman–Crippen LogP) is 7.80. The number of likely N-dealkylation sites (tertiary alicyclic amines) is 1. The van der Waals surface area contributed by atoms with Gasteiger partial charge in [0.1, 0.15) is 29.9 Å². The molecular weight excluding hydrogens is 937 g/mol. The largest absolute Gasteiger partial charge is 0.508 e. The zero-order valence-electron chi connectivity index (χ0n) is 40.1. The van der Waals surface area contributed by atoms with E-state index >= 15 is 14.4 Å². The van der Waals surface area contributed by atoms with Crippen molar-refractivity contribution in [3.8, 4) is 17.6 Å². The van der Waals surface area contributed by atoms with Gasteiger partial charge in [0.05, 0.1) is 42.8 Å². The summed E-state index contributed by atoms with van der Waals surface area (Å²) in [5.41, 5.74) is 0.258. The zero-order valence-corrected chi connectivity index (χ0v) is 40.1. The number of aromatic hydroxyl groups is 1. The number of amides is 3. The first kappa shape index (κ1) is 49.6. The highest BCUT2D eigenvalue weighted by Gasteiger charge is 2.76. The van der Waals surface area contributed by atoms with E-state index in [1.807, 2.05) is 65.6 Å². The number of nitro benzene ring substituents is 1. The Hall–Kier alpha value is -8.36. The zero-order chi connectivity index (χ0) is 51.4. The average molecular weight is 989 g/mol. The Morgan fingerprint density at radius 1 is 0.781 bits per heavy atom. The number of fused-ring (bicyclic) bond motifs is 3. The van der Waals surface area contributed by atoms with E-state index in [-0.39, 0.29) is 34.7 Å². The first-order chi connectivity index (χ1) is 35.4. The molecule has 17 heteroatoms. The molecule has 0 bridgehead atoms. The lowest BCUT2D eigenvalue weighted by molar-refractivity contribution is -0.384. The number of nitro groups is 1. The predicted molar refractivity (Wildman–Crippen MR) is 262 cm³/mol. The number of carbonyl (C=O) groups excluding carboxylic acids is 6. The van der Waals surface area contributed by atoms with Gasteiger partial charge in [0.25, 0.3) is 5.69 Å². The van der Waals surface area contributed by atoms with Gasteiger partial charge in [0.15, 0.2) is 5.92 Å². The van der Waals surface area contributed by atoms with Crippen molar-refractivity contribution in [1.82, 2.24) is 9.80 Å². The Morgan fingerprint density at radius 2 is 1.40 bits per heavy atom. The van der Waals surface area contributed by atoms with Crippen molar-refractivity contribution in [3.05, 3.63) is 171 Å². The van der Waals surface area contributed by atoms with Crippen LogP contribution in [0, 0.1) is 33.8 Å². The van der Waals surface area contributed by atoms with E-state index in [0.717, 1.165) is 38.4 Å². The molecule has 3 saturated heterocycles. The van der Waals surface area contributed by atoms with E-state index in [0.29, 0.717) is 48.2 Å². The summed E-state index contributed by atoms with van der Waals surface area (Å²) in [6.45, 7) is 0.267. The third-order valence-corrected chi connectivity index (χ3v) is 14.3. The van der Waals surface area contributed by atoms with Crippen LogP contribution in [-0.4, -0.2) is 89.0 Å². The normalized spacial score (nSPS) is 22.5. The summed E-state index contributed by atoms with van der Waals surface area (Å²) in [4.78, 5) is 104. The molecule has 4 aliphatic heterocycles. The van der Waals surface area contributed by atoms with Crippen LogP contribution in [0.4, 0.5) is 16.2 Å². The molecule has 374 valence electrons. The molecule has 5 aromatic carbocycles. The number of non-ortho nitro benzene ring substituents is 1. The average Bonchev–Trinajstić information content (AvgIpc) is 3.86. The molecule has 1 spiro atoms. The first-order valence-corrected chi connectivity index (χ1v) is 24.1. The van der Waals surface area contributed by atoms with Crippen molar-refractivity contribution >= 4 is 47.2 Å². The molecule has 5 aromatic rings. The van der Waals surface area contributed by atoms with E-state index in [9.17, 15) is 29.6 Å². The fraction of sp³-hybridized carbons (Fsp3) is 0.321. The summed E-state index contributed by atoms with van der Waals surface area (Å²) in [5.74, 6) is -1.02. The third kappa shape index (κ3) is 9.25. The number of cyclic esters (lactones) is 1. The maximum Gasteiger partial charge on any atom is 0.421 e. The van der Waals surface area contributed by atoms with Crippen molar-refractivity contribution in [1.29, 1.82) is 0 Å². The highest BCUT2D eigenvalue weighted by atomic mass is 16.6. The van der Waals surface area contributed by atoms with Gasteiger partial charge in [-0.1, -0.05) is 104 Å². The number of morpholine rings is 1. The van der Waals surface area contributed by atoms with Gasteiger partial charge in [-0.2, -0.15) is 0 Å². The van der Waals surface area contributed by atoms with Crippen molar-refractivity contribution in [2.24, 2.45) is 11.8 Å². The van der Waals surface area contributed by atoms with Crippen LogP contribution in [0.2, 0.25) is 0 Å². The molecule has 4 heterocycles. The molecule has 0 aliphatic carbocycles. The first-order valence-electron chi connectivity index (χ1n) is 24.1. The Morgan fingerprint density at radius 3 is 2.01 bits per heavy atom. The molecule has 0 aromatic heterocycles. The smallest absolute Gasteiger partial charge is 0.421 e. The third-order valence-electron chi connectivity index (χ3n) is 14.3. The minimum Gasteiger partial charge on any atom is -0.508 e. The maximum absolute atomic E-state index is 16.6. The lowest BCUT2D eigenvalue weighted by Crippen LogP contribution is -2.56. The number of hydrogen-bond donors (Lipinski definition) is 1. The van der Waals surface area contributed by atoms with Gasteiger partial charge < -0.3 is 29.0 Å². The molecule has 4 aliphatic rings. The van der Waals surface area contributed by atoms with Gasteiger partial charge in [0, 0.05) is 37.2 Å². The summed E-state index contributed by atoms with van der Waals surface area (Å²) < 4.78 is 22.2. The summed E-state index contributed by atoms with van der Waals surface area (Å²) >= 11 is 0. The van der Waals surface area contributed by atoms with Gasteiger partial charge in [0.2, 0.25) is 11.8 Å². The summed E-state index contributed by atoms with van der Waals surface area (Å²) in [6.07, 6.45) is 1.60. The molecule has 3 fully saturated rings. The number of phenols is 1. The fourth-order valence-electron chi connectivity index (χ4n) is 11.0. The van der Waals surface area contributed by atoms with Crippen LogP contribution in [0.15, 0.2) is 127 Å². The van der Waals surface area contributed by atoms with Crippen LogP contribution >= 0.6 is 0 Å². The summed E-state index contributed by atoms with van der Waals surface area (Å²) in [7, 11) is 2.27. The van der Waals surface area contributed by atoms with Crippen LogP contribution in [0.1, 0.15) is 90.1 Å². The number of hydrogen-bond acceptors (Lipinski definition) is 14. The number of nitrogens with zero attached hydrogens (tertiary/aromatic N) is 4. The molecule has 73 heavy (non-hydrogen) atoms. The van der Waals surface area contributed by atoms with Crippen LogP contribution in [0.3, 0.4) is 0 Å². The highest BCUT2D eigenvalue weighted by Crippen LogP contribution is 2.66. The van der Waals surface area contributed by atoms with E-state index in [4.69, 9.17) is 18.9 Å². The van der Waals surface area contributed by atoms with E-state index in [1.54, 1.807) is 29.2 Å². The topological polar surface area (TPSA) is 212 Å². The Labute approximate surface area is 420 Å². The fourth-order valence-corrected chi connectivity index (χ4v) is 11.0. The Balaban J connectivity index is 1.30. The second kappa shape index (κ2) is 21.2. The number of anilines is 1. The van der Waals surface area contributed by atoms with Gasteiger partial charge in [-0.3, -0.25) is 39.0 Å². The van der Waals surface area contributed by atoms with E-state index in [1.165, 1.54) is 42.5 Å². The van der Waals surface area contributed by atoms with Gasteiger partial charge >= 0.3 is 24.0 Å². The molecule has 0 saturated carbocycles. The second-order valence-corrected chi connectivity index (χ2v) is 18.4. The number of rotatable bonds is 10. The lowest BCUT2D eigenvalue weighted by atomic mass is 9.64. The molecular formula is C56H52N4O13. The number of carbonyl (C=O) groups is 6. The maximum atomic E-state index is 16.6. The van der Waals surface area contributed by atoms with Gasteiger partial charge in [-0.05, 0) is 83.1 Å². The van der Waals surface area contributed by atoms with Crippen molar-refractivity contribution < 1.29 is 57.7 Å². The number of methoxy groups -OCH3 is 2. The minimum absolute atomic E-state index is 0.0320. The van der Waals surface area contributed by atoms with Crippen LogP contribution in [-0.2, 0) is 54.9 Å². The Kier molecular flexibility index (Phi) is 14.4. The van der Waals surface area contributed by atoms with Gasteiger partial charge in [-0.25, -0.2) is 9.69 Å². The van der Waals surface area contributed by atoms with E-state index in [2.05, 4.69) is 11.8 Å². The summed E-state index contributed by atoms with van der Waals surface area (Å²) in [6, 6.07) is 31.1. The number of phenolic OH excluding ortho intramolecular Hbond substituents is 1. The van der Waals surface area contributed by atoms with Crippen LogP contribution in [0.25, 0.3) is 0 Å². The molecule has 0 unspecified atom stereocenters. The molecule has 9 rings (SSSR count). The quantitative estimate of drug-likeness (QED) is 0.0353. The molecule has 3 amide bonds. The molecule has 1 N–H and O–H groups in total. The number of benzene rings is 5. The monoisotopic (exact) mass is 988 g/mol. The molecule has 0 radical (unpaired) electrons. The number of esters is 3. The standard InChI is InChI=1S/C56H52N4O13/c1-70-51(63)42(52(64)71-2)20-14-15-35-23-30-44-43(33-35)56(54(66)58(44)55(67)72-34-36-21-26-40(27-22-36)60(68)69)45(50(62)57-31-12-4-3-5-13-32-57)47-53(65)73-48(38-18-10-7-11-19-38)46(37-16-8-6-9-17-37)59(47)49(56)39-24-28-41(61)29-25-39/h6-11,16-19,21-30,33,42,45-49,61H,3-5,12-13,20,31-32,34H2,1-2H3/t45-,46-,47-,48+,49+,56-/m1/s1. The number of ether oxygens (including phenoxy) is 4. The van der Waals surface area contributed by atoms with Crippen LogP contribution in [0.5, 0.6) is 5.75 Å². The second-order valence-electron chi connectivity index (χ2n) is 18.4. The summed E-state index contributed by atoms with van der Waals surface area (Å²) in [5, 5.41) is 22.2. The SMILES string of the molecule is COC(=O)C(CC#Cc1ccc2c(c1)[C@]1(C(=O)N2C(=O)OCc2ccc([N+](=O)[O-])cc2)[C@H](c2ccc(O)cc2)N2[C@H](c3ccccc3)[C@H](c3ccccc3)OC(=O)[C@H]2[C@@H]1C(=O)N1CCCCCCC1)C(=O)OC.